The van der Waals surface area contributed by atoms with Gasteiger partial charge in [-0.3, -0.25) is 9.52 Å². The molecule has 0 saturated carbocycles. The Morgan fingerprint density at radius 2 is 1.87 bits per heavy atom. The van der Waals surface area contributed by atoms with E-state index in [2.05, 4.69) is 10.5 Å². The van der Waals surface area contributed by atoms with Gasteiger partial charge in [-0.15, -0.1) is 0 Å². The van der Waals surface area contributed by atoms with E-state index in [1.54, 1.807) is 4.72 Å². The molecule has 2 aromatic carbocycles. The molecule has 12 heteroatoms. The van der Waals surface area contributed by atoms with Crippen molar-refractivity contribution in [2.45, 2.75) is 18.0 Å². The summed E-state index contributed by atoms with van der Waals surface area (Å²) in [4.78, 5) is 11.6. The number of aryl methyl sites for hydroxylation is 1. The van der Waals surface area contributed by atoms with E-state index in [0.29, 0.717) is 12.1 Å². The lowest BCUT2D eigenvalue weighted by Gasteiger charge is -2.16. The Morgan fingerprint density at radius 3 is 2.47 bits per heavy atom. The maximum Gasteiger partial charge on any atom is 0.418 e. The zero-order valence-electron chi connectivity index (χ0n) is 15.1. The van der Waals surface area contributed by atoms with Gasteiger partial charge in [-0.1, -0.05) is 11.2 Å². The normalized spacial score (nSPS) is 11.9. The number of sulfonamides is 1. The first-order valence-electron chi connectivity index (χ1n) is 8.19. The van der Waals surface area contributed by atoms with Crippen LogP contribution in [0, 0.1) is 12.7 Å². The average molecular weight is 443 g/mol. The van der Waals surface area contributed by atoms with Gasteiger partial charge in [0.2, 0.25) is 0 Å². The zero-order chi connectivity index (χ0) is 22.1. The van der Waals surface area contributed by atoms with Crippen molar-refractivity contribution in [3.8, 4) is 0 Å². The number of anilines is 2. The third-order valence-electron chi connectivity index (χ3n) is 3.93. The molecule has 0 aliphatic rings. The summed E-state index contributed by atoms with van der Waals surface area (Å²) < 4.78 is 85.1. The predicted octanol–water partition coefficient (Wildman–Crippen LogP) is 4.19. The lowest BCUT2D eigenvalue weighted by molar-refractivity contribution is -0.136. The van der Waals surface area contributed by atoms with Gasteiger partial charge < -0.3 is 9.84 Å². The summed E-state index contributed by atoms with van der Waals surface area (Å²) >= 11 is 0. The molecule has 0 bridgehead atoms. The second kappa shape index (κ2) is 7.78. The maximum absolute atomic E-state index is 13.5. The first-order chi connectivity index (χ1) is 14.0. The smallest absolute Gasteiger partial charge is 0.361 e. The van der Waals surface area contributed by atoms with E-state index in [0.717, 1.165) is 36.5 Å². The number of amides is 1. The Labute approximate surface area is 167 Å². The summed E-state index contributed by atoms with van der Waals surface area (Å²) in [6.45, 7) is 1.45. The average Bonchev–Trinajstić information content (AvgIpc) is 3.08. The fraction of sp³-hybridized carbons (Fsp3) is 0.111. The molecule has 1 amide bonds. The molecule has 0 atom stereocenters. The van der Waals surface area contributed by atoms with Gasteiger partial charge in [0.15, 0.2) is 0 Å². The first kappa shape index (κ1) is 21.3. The van der Waals surface area contributed by atoms with Crippen LogP contribution in [0.15, 0.2) is 58.1 Å². The van der Waals surface area contributed by atoms with Crippen LogP contribution in [-0.4, -0.2) is 19.5 Å². The molecule has 0 saturated heterocycles. The van der Waals surface area contributed by atoms with Gasteiger partial charge in [0, 0.05) is 5.69 Å². The molecule has 1 heterocycles. The van der Waals surface area contributed by atoms with Crippen molar-refractivity contribution in [3.05, 3.63) is 71.4 Å². The maximum atomic E-state index is 13.5. The molecule has 1 aromatic heterocycles. The summed E-state index contributed by atoms with van der Waals surface area (Å²) in [5.74, 6) is -1.45. The molecule has 0 aliphatic heterocycles. The Hall–Kier alpha value is -3.41. The van der Waals surface area contributed by atoms with Crippen molar-refractivity contribution in [2.75, 3.05) is 10.0 Å². The standard InChI is InChI=1S/C18H13F4N3O4S/c1-10-14(9-23-29-10)17(26)24-12-5-6-16(15(8-12)18(20,21)22)25-30(27,28)13-4-2-3-11(19)7-13/h2-9,25H,1H3,(H,24,26). The second-order valence-corrected chi connectivity index (χ2v) is 7.75. The van der Waals surface area contributed by atoms with Gasteiger partial charge in [-0.25, -0.2) is 12.8 Å². The van der Waals surface area contributed by atoms with Crippen molar-refractivity contribution in [3.63, 3.8) is 0 Å². The summed E-state index contributed by atoms with van der Waals surface area (Å²) in [5.41, 5.74) is -2.34. The third-order valence-corrected chi connectivity index (χ3v) is 5.29. The van der Waals surface area contributed by atoms with Crippen LogP contribution in [0.3, 0.4) is 0 Å². The number of aromatic nitrogens is 1. The fourth-order valence-corrected chi connectivity index (χ4v) is 3.61. The Morgan fingerprint density at radius 1 is 1.13 bits per heavy atom. The molecule has 0 radical (unpaired) electrons. The summed E-state index contributed by atoms with van der Waals surface area (Å²) in [5, 5.41) is 5.67. The number of nitrogens with one attached hydrogen (secondary N) is 2. The predicted molar refractivity (Wildman–Crippen MR) is 97.8 cm³/mol. The molecular weight excluding hydrogens is 430 g/mol. The summed E-state index contributed by atoms with van der Waals surface area (Å²) in [6, 6.07) is 6.31. The lowest BCUT2D eigenvalue weighted by atomic mass is 10.1. The highest BCUT2D eigenvalue weighted by Gasteiger charge is 2.35. The molecule has 158 valence electrons. The third kappa shape index (κ3) is 4.59. The van der Waals surface area contributed by atoms with E-state index in [-0.39, 0.29) is 17.0 Å². The van der Waals surface area contributed by atoms with Crippen molar-refractivity contribution in [2.24, 2.45) is 0 Å². The second-order valence-electron chi connectivity index (χ2n) is 6.07. The quantitative estimate of drug-likeness (QED) is 0.576. The van der Waals surface area contributed by atoms with Crippen molar-refractivity contribution < 1.29 is 35.3 Å². The van der Waals surface area contributed by atoms with Crippen LogP contribution >= 0.6 is 0 Å². The van der Waals surface area contributed by atoms with E-state index < -0.39 is 44.1 Å². The molecule has 3 aromatic rings. The summed E-state index contributed by atoms with van der Waals surface area (Å²) in [7, 11) is -4.49. The first-order valence-corrected chi connectivity index (χ1v) is 9.68. The molecule has 7 nitrogen and oxygen atoms in total. The highest BCUT2D eigenvalue weighted by molar-refractivity contribution is 7.92. The number of hydrogen-bond donors (Lipinski definition) is 2. The Bertz CT molecular complexity index is 1210. The molecule has 30 heavy (non-hydrogen) atoms. The van der Waals surface area contributed by atoms with Crippen LogP contribution in [0.25, 0.3) is 0 Å². The number of nitrogens with zero attached hydrogens (tertiary/aromatic N) is 1. The van der Waals surface area contributed by atoms with Crippen LogP contribution in [0.1, 0.15) is 21.7 Å². The minimum atomic E-state index is -4.95. The van der Waals surface area contributed by atoms with Crippen molar-refractivity contribution >= 4 is 27.3 Å². The Kier molecular flexibility index (Phi) is 5.53. The van der Waals surface area contributed by atoms with E-state index in [1.807, 2.05) is 0 Å². The van der Waals surface area contributed by atoms with Crippen molar-refractivity contribution in [1.29, 1.82) is 0 Å². The van der Waals surface area contributed by atoms with Crippen molar-refractivity contribution in [1.82, 2.24) is 5.16 Å². The molecular formula is C18H13F4N3O4S. The van der Waals surface area contributed by atoms with Crippen LogP contribution in [0.5, 0.6) is 0 Å². The number of carbonyl (C=O) groups is 1. The van der Waals surface area contributed by atoms with Gasteiger partial charge >= 0.3 is 6.18 Å². The van der Waals surface area contributed by atoms with E-state index >= 15 is 0 Å². The topological polar surface area (TPSA) is 101 Å². The van der Waals surface area contributed by atoms with Crippen LogP contribution in [0.2, 0.25) is 0 Å². The number of halogens is 4. The van der Waals surface area contributed by atoms with Gasteiger partial charge in [0.1, 0.15) is 17.1 Å². The fourth-order valence-electron chi connectivity index (χ4n) is 2.50. The van der Waals surface area contributed by atoms with E-state index in [1.165, 1.54) is 6.92 Å². The number of rotatable bonds is 5. The molecule has 0 spiro atoms. The van der Waals surface area contributed by atoms with Gasteiger partial charge in [-0.2, -0.15) is 13.2 Å². The Balaban J connectivity index is 1.94. The highest BCUT2D eigenvalue weighted by Crippen LogP contribution is 2.37. The van der Waals surface area contributed by atoms with E-state index in [9.17, 15) is 30.8 Å². The van der Waals surface area contributed by atoms with Crippen LogP contribution in [0.4, 0.5) is 28.9 Å². The summed E-state index contributed by atoms with van der Waals surface area (Å²) in [6.07, 6.45) is -3.84. The van der Waals surface area contributed by atoms with Gasteiger partial charge in [-0.05, 0) is 43.3 Å². The number of benzene rings is 2. The largest absolute Gasteiger partial charge is 0.418 e. The molecule has 0 aliphatic carbocycles. The minimum absolute atomic E-state index is 0.0273. The monoisotopic (exact) mass is 443 g/mol. The number of hydrogen-bond acceptors (Lipinski definition) is 5. The SMILES string of the molecule is Cc1oncc1C(=O)Nc1ccc(NS(=O)(=O)c2cccc(F)c2)c(C(F)(F)F)c1. The molecule has 0 fully saturated rings. The molecule has 0 unspecified atom stereocenters. The van der Waals surface area contributed by atoms with Crippen LogP contribution < -0.4 is 10.0 Å². The number of alkyl halides is 3. The lowest BCUT2D eigenvalue weighted by Crippen LogP contribution is -2.18. The number of carbonyl (C=O) groups excluding carboxylic acids is 1. The van der Waals surface area contributed by atoms with E-state index in [4.69, 9.17) is 4.52 Å². The minimum Gasteiger partial charge on any atom is -0.361 e. The van der Waals surface area contributed by atoms with Crippen LogP contribution in [-0.2, 0) is 16.2 Å². The molecule has 2 N–H and O–H groups in total. The highest BCUT2D eigenvalue weighted by atomic mass is 32.2. The van der Waals surface area contributed by atoms with Gasteiger partial charge in [0.25, 0.3) is 15.9 Å². The zero-order valence-corrected chi connectivity index (χ0v) is 15.9. The molecule has 3 rings (SSSR count). The van der Waals surface area contributed by atoms with Gasteiger partial charge in [0.05, 0.1) is 22.3 Å².